The van der Waals surface area contributed by atoms with Gasteiger partial charge in [-0.15, -0.1) is 0 Å². The molecule has 0 spiro atoms. The smallest absolute Gasteiger partial charge is 0.303 e. The SMILES string of the molecule is CCOCCOC1CCN(C(=O)CC(C)CC(=O)O)CC1. The van der Waals surface area contributed by atoms with E-state index in [-0.39, 0.29) is 24.3 Å². The molecule has 1 saturated heterocycles. The van der Waals surface area contributed by atoms with Crippen LogP contribution in [0.25, 0.3) is 0 Å². The minimum absolute atomic E-state index is 0.0444. The van der Waals surface area contributed by atoms with E-state index in [1.165, 1.54) is 0 Å². The molecule has 0 bridgehead atoms. The molecule has 122 valence electrons. The summed E-state index contributed by atoms with van der Waals surface area (Å²) in [6, 6.07) is 0. The Labute approximate surface area is 126 Å². The second-order valence-corrected chi connectivity index (χ2v) is 5.56. The van der Waals surface area contributed by atoms with Crippen LogP contribution in [0.4, 0.5) is 0 Å². The van der Waals surface area contributed by atoms with Gasteiger partial charge in [-0.05, 0) is 25.7 Å². The number of piperidine rings is 1. The van der Waals surface area contributed by atoms with E-state index in [4.69, 9.17) is 14.6 Å². The molecule has 1 amide bonds. The number of likely N-dealkylation sites (tertiary alicyclic amines) is 1. The molecule has 1 fully saturated rings. The fourth-order valence-corrected chi connectivity index (χ4v) is 2.49. The van der Waals surface area contributed by atoms with Gasteiger partial charge in [0.2, 0.25) is 5.91 Å². The van der Waals surface area contributed by atoms with Gasteiger partial charge < -0.3 is 19.5 Å². The number of nitrogens with zero attached hydrogens (tertiary/aromatic N) is 1. The minimum Gasteiger partial charge on any atom is -0.481 e. The van der Waals surface area contributed by atoms with Crippen LogP contribution in [0.5, 0.6) is 0 Å². The molecule has 6 nitrogen and oxygen atoms in total. The Hall–Kier alpha value is -1.14. The first kappa shape index (κ1) is 17.9. The number of hydrogen-bond donors (Lipinski definition) is 1. The van der Waals surface area contributed by atoms with Crippen molar-refractivity contribution in [1.29, 1.82) is 0 Å². The highest BCUT2D eigenvalue weighted by molar-refractivity contribution is 5.77. The van der Waals surface area contributed by atoms with Crippen molar-refractivity contribution in [1.82, 2.24) is 4.90 Å². The number of carboxylic acid groups (broad SMARTS) is 1. The average molecular weight is 301 g/mol. The van der Waals surface area contributed by atoms with Crippen LogP contribution in [0.1, 0.15) is 39.5 Å². The lowest BCUT2D eigenvalue weighted by atomic mass is 10.0. The van der Waals surface area contributed by atoms with Gasteiger partial charge >= 0.3 is 5.97 Å². The van der Waals surface area contributed by atoms with E-state index in [1.54, 1.807) is 6.92 Å². The number of carboxylic acids is 1. The van der Waals surface area contributed by atoms with Crippen LogP contribution in [0.15, 0.2) is 0 Å². The lowest BCUT2D eigenvalue weighted by Gasteiger charge is -2.32. The Balaban J connectivity index is 2.19. The summed E-state index contributed by atoms with van der Waals surface area (Å²) in [5, 5.41) is 8.71. The molecule has 0 aliphatic carbocycles. The molecule has 1 rings (SSSR count). The summed E-state index contributed by atoms with van der Waals surface area (Å²) in [5.74, 6) is -0.914. The van der Waals surface area contributed by atoms with Crippen molar-refractivity contribution in [2.75, 3.05) is 32.9 Å². The zero-order valence-electron chi connectivity index (χ0n) is 13.0. The second kappa shape index (κ2) is 9.73. The molecule has 21 heavy (non-hydrogen) atoms. The van der Waals surface area contributed by atoms with Crippen LogP contribution in [0.3, 0.4) is 0 Å². The third-order valence-corrected chi connectivity index (χ3v) is 3.63. The van der Waals surface area contributed by atoms with Gasteiger partial charge in [-0.2, -0.15) is 0 Å². The molecule has 1 unspecified atom stereocenters. The predicted octanol–water partition coefficient (Wildman–Crippen LogP) is 1.53. The van der Waals surface area contributed by atoms with Crippen LogP contribution in [-0.2, 0) is 19.1 Å². The van der Waals surface area contributed by atoms with E-state index >= 15 is 0 Å². The Bertz CT molecular complexity index is 326. The molecule has 1 aliphatic heterocycles. The number of hydrogen-bond acceptors (Lipinski definition) is 4. The number of ether oxygens (including phenoxy) is 2. The molecule has 0 aromatic rings. The molecular weight excluding hydrogens is 274 g/mol. The zero-order valence-corrected chi connectivity index (χ0v) is 13.0. The highest BCUT2D eigenvalue weighted by atomic mass is 16.5. The van der Waals surface area contributed by atoms with Gasteiger partial charge in [0.15, 0.2) is 0 Å². The van der Waals surface area contributed by atoms with Gasteiger partial charge in [0.1, 0.15) is 0 Å². The van der Waals surface area contributed by atoms with Crippen LogP contribution in [0, 0.1) is 5.92 Å². The van der Waals surface area contributed by atoms with E-state index in [2.05, 4.69) is 0 Å². The predicted molar refractivity (Wildman–Crippen MR) is 78.1 cm³/mol. The van der Waals surface area contributed by atoms with Crippen molar-refractivity contribution in [3.8, 4) is 0 Å². The molecule has 6 heteroatoms. The van der Waals surface area contributed by atoms with E-state index in [9.17, 15) is 9.59 Å². The van der Waals surface area contributed by atoms with Crippen LogP contribution in [-0.4, -0.2) is 60.9 Å². The van der Waals surface area contributed by atoms with Crippen LogP contribution < -0.4 is 0 Å². The summed E-state index contributed by atoms with van der Waals surface area (Å²) in [7, 11) is 0. The largest absolute Gasteiger partial charge is 0.481 e. The molecule has 0 saturated carbocycles. The Kier molecular flexibility index (Phi) is 8.30. The molecule has 0 aromatic heterocycles. The molecule has 0 aromatic carbocycles. The fourth-order valence-electron chi connectivity index (χ4n) is 2.49. The van der Waals surface area contributed by atoms with Gasteiger partial charge in [-0.1, -0.05) is 6.92 Å². The maximum atomic E-state index is 12.1. The van der Waals surface area contributed by atoms with Crippen molar-refractivity contribution in [2.24, 2.45) is 5.92 Å². The summed E-state index contributed by atoms with van der Waals surface area (Å²) in [4.78, 5) is 24.5. The van der Waals surface area contributed by atoms with E-state index in [1.807, 2.05) is 11.8 Å². The van der Waals surface area contributed by atoms with Crippen molar-refractivity contribution in [2.45, 2.75) is 45.6 Å². The van der Waals surface area contributed by atoms with E-state index in [0.717, 1.165) is 12.8 Å². The lowest BCUT2D eigenvalue weighted by molar-refractivity contribution is -0.139. The minimum atomic E-state index is -0.850. The summed E-state index contributed by atoms with van der Waals surface area (Å²) in [6.45, 7) is 7.05. The number of amides is 1. The van der Waals surface area contributed by atoms with Crippen molar-refractivity contribution >= 4 is 11.9 Å². The third-order valence-electron chi connectivity index (χ3n) is 3.63. The highest BCUT2D eigenvalue weighted by Crippen LogP contribution is 2.17. The average Bonchev–Trinajstić information content (AvgIpc) is 2.43. The third kappa shape index (κ3) is 7.43. The molecule has 1 heterocycles. The Morgan fingerprint density at radius 3 is 2.48 bits per heavy atom. The summed E-state index contributed by atoms with van der Waals surface area (Å²) < 4.78 is 10.9. The van der Waals surface area contributed by atoms with Gasteiger partial charge in [0.25, 0.3) is 0 Å². The summed E-state index contributed by atoms with van der Waals surface area (Å²) >= 11 is 0. The van der Waals surface area contributed by atoms with Crippen molar-refractivity contribution < 1.29 is 24.2 Å². The quantitative estimate of drug-likeness (QED) is 0.654. The number of rotatable bonds is 9. The Morgan fingerprint density at radius 2 is 1.90 bits per heavy atom. The first-order valence-electron chi connectivity index (χ1n) is 7.71. The second-order valence-electron chi connectivity index (χ2n) is 5.56. The molecule has 0 radical (unpaired) electrons. The highest BCUT2D eigenvalue weighted by Gasteiger charge is 2.24. The maximum absolute atomic E-state index is 12.1. The van der Waals surface area contributed by atoms with Crippen molar-refractivity contribution in [3.63, 3.8) is 0 Å². The number of carbonyl (C=O) groups is 2. The Morgan fingerprint density at radius 1 is 1.24 bits per heavy atom. The molecule has 1 N–H and O–H groups in total. The maximum Gasteiger partial charge on any atom is 0.303 e. The number of aliphatic carboxylic acids is 1. The van der Waals surface area contributed by atoms with Gasteiger partial charge in [-0.3, -0.25) is 9.59 Å². The zero-order chi connectivity index (χ0) is 15.7. The van der Waals surface area contributed by atoms with Crippen LogP contribution >= 0.6 is 0 Å². The van der Waals surface area contributed by atoms with E-state index in [0.29, 0.717) is 39.3 Å². The first-order valence-corrected chi connectivity index (χ1v) is 7.71. The van der Waals surface area contributed by atoms with E-state index < -0.39 is 5.97 Å². The van der Waals surface area contributed by atoms with Gasteiger partial charge in [0, 0.05) is 32.5 Å². The fraction of sp³-hybridized carbons (Fsp3) is 0.867. The first-order chi connectivity index (χ1) is 10.0. The summed E-state index contributed by atoms with van der Waals surface area (Å²) in [6.07, 6.45) is 2.23. The normalized spacial score (nSPS) is 17.7. The molecule has 1 atom stereocenters. The van der Waals surface area contributed by atoms with Gasteiger partial charge in [-0.25, -0.2) is 0 Å². The van der Waals surface area contributed by atoms with Crippen molar-refractivity contribution in [3.05, 3.63) is 0 Å². The number of carbonyl (C=O) groups excluding carboxylic acids is 1. The molecular formula is C15H27NO5. The standard InChI is InChI=1S/C15H27NO5/c1-3-20-8-9-21-13-4-6-16(7-5-13)14(17)10-12(2)11-15(18)19/h12-13H,3-11H2,1-2H3,(H,18,19). The van der Waals surface area contributed by atoms with Gasteiger partial charge in [0.05, 0.1) is 19.3 Å². The summed E-state index contributed by atoms with van der Waals surface area (Å²) in [5.41, 5.74) is 0. The monoisotopic (exact) mass is 301 g/mol. The van der Waals surface area contributed by atoms with Crippen LogP contribution in [0.2, 0.25) is 0 Å². The topological polar surface area (TPSA) is 76.1 Å². The molecule has 1 aliphatic rings. The lowest BCUT2D eigenvalue weighted by Crippen LogP contribution is -2.41.